The summed E-state index contributed by atoms with van der Waals surface area (Å²) in [6.07, 6.45) is 5.17. The van der Waals surface area contributed by atoms with Gasteiger partial charge in [0.25, 0.3) is 0 Å². The number of hydrogen-bond acceptors (Lipinski definition) is 5. The maximum atomic E-state index is 4.40. The largest absolute Gasteiger partial charge is 0.350 e. The van der Waals surface area contributed by atoms with Crippen LogP contribution in [0.25, 0.3) is 0 Å². The van der Waals surface area contributed by atoms with Gasteiger partial charge in [0.1, 0.15) is 10.8 Å². The average Bonchev–Trinajstić information content (AvgIpc) is 3.24. The van der Waals surface area contributed by atoms with Gasteiger partial charge in [-0.1, -0.05) is 6.92 Å². The molecule has 118 valence electrons. The van der Waals surface area contributed by atoms with Crippen LogP contribution in [0.15, 0.2) is 11.2 Å². The quantitative estimate of drug-likeness (QED) is 0.637. The van der Waals surface area contributed by atoms with Gasteiger partial charge in [-0.3, -0.25) is 4.99 Å². The molecule has 0 atom stereocenters. The number of thiazole rings is 1. The monoisotopic (exact) mass is 319 g/mol. The molecule has 0 radical (unpaired) electrons. The molecule has 0 spiro atoms. The van der Waals surface area contributed by atoms with Gasteiger partial charge in [-0.2, -0.15) is 0 Å². The normalized spacial score (nSPS) is 14.2. The average molecular weight is 319 g/mol. The Balaban J connectivity index is 1.51. The van der Waals surface area contributed by atoms with Gasteiger partial charge in [0.05, 0.1) is 13.1 Å². The lowest BCUT2D eigenvalue weighted by Gasteiger charge is -2.10. The molecule has 22 heavy (non-hydrogen) atoms. The first-order valence-corrected chi connectivity index (χ1v) is 8.41. The fraction of sp³-hybridized carbons (Fsp3) is 0.571. The lowest BCUT2D eigenvalue weighted by Crippen LogP contribution is -2.36. The van der Waals surface area contributed by atoms with Crippen molar-refractivity contribution in [3.8, 4) is 0 Å². The molecule has 0 unspecified atom stereocenters. The second kappa shape index (κ2) is 6.87. The standard InChI is InChI=1S/C14H21N7S/c1-3-10-7-16-13(22-10)9-18-14(15-2)17-8-12-20-19-11-5-4-6-21(11)12/h7H,3-6,8-9H2,1-2H3,(H2,15,17,18). The van der Waals surface area contributed by atoms with Gasteiger partial charge in [-0.05, 0) is 12.8 Å². The van der Waals surface area contributed by atoms with E-state index in [2.05, 4.69) is 42.3 Å². The lowest BCUT2D eigenvalue weighted by atomic mass is 10.4. The summed E-state index contributed by atoms with van der Waals surface area (Å²) < 4.78 is 2.19. The molecule has 8 heteroatoms. The fourth-order valence-electron chi connectivity index (χ4n) is 2.48. The van der Waals surface area contributed by atoms with Gasteiger partial charge < -0.3 is 15.2 Å². The van der Waals surface area contributed by atoms with E-state index in [0.717, 1.165) is 48.4 Å². The summed E-state index contributed by atoms with van der Waals surface area (Å²) in [5.74, 6) is 2.82. The second-order valence-electron chi connectivity index (χ2n) is 5.14. The highest BCUT2D eigenvalue weighted by atomic mass is 32.1. The van der Waals surface area contributed by atoms with E-state index < -0.39 is 0 Å². The predicted octanol–water partition coefficient (Wildman–Crippen LogP) is 1.11. The van der Waals surface area contributed by atoms with Gasteiger partial charge in [-0.25, -0.2) is 4.98 Å². The number of aromatic nitrogens is 4. The van der Waals surface area contributed by atoms with Gasteiger partial charge in [0, 0.05) is 31.1 Å². The molecule has 0 saturated heterocycles. The second-order valence-corrected chi connectivity index (χ2v) is 6.34. The van der Waals surface area contributed by atoms with E-state index in [1.165, 1.54) is 4.88 Å². The lowest BCUT2D eigenvalue weighted by molar-refractivity contribution is 0.662. The van der Waals surface area contributed by atoms with Crippen LogP contribution in [0.1, 0.15) is 34.9 Å². The highest BCUT2D eigenvalue weighted by Crippen LogP contribution is 2.14. The Morgan fingerprint density at radius 2 is 2.23 bits per heavy atom. The third kappa shape index (κ3) is 3.27. The van der Waals surface area contributed by atoms with Crippen molar-refractivity contribution >= 4 is 17.3 Å². The maximum Gasteiger partial charge on any atom is 0.191 e. The van der Waals surface area contributed by atoms with E-state index in [0.29, 0.717) is 13.1 Å². The minimum atomic E-state index is 0.630. The SMILES string of the molecule is CCc1cnc(CNC(=NC)NCc2nnc3n2CCC3)s1. The van der Waals surface area contributed by atoms with Crippen LogP contribution in [0, 0.1) is 0 Å². The van der Waals surface area contributed by atoms with E-state index in [1.54, 1.807) is 18.4 Å². The van der Waals surface area contributed by atoms with Crippen molar-refractivity contribution in [2.75, 3.05) is 7.05 Å². The summed E-state index contributed by atoms with van der Waals surface area (Å²) in [7, 11) is 1.77. The van der Waals surface area contributed by atoms with E-state index in [1.807, 2.05) is 6.20 Å². The van der Waals surface area contributed by atoms with Crippen molar-refractivity contribution in [2.24, 2.45) is 4.99 Å². The minimum absolute atomic E-state index is 0.630. The molecule has 0 amide bonds. The zero-order valence-electron chi connectivity index (χ0n) is 13.0. The molecule has 1 aliphatic heterocycles. The van der Waals surface area contributed by atoms with Crippen LogP contribution in [0.2, 0.25) is 0 Å². The minimum Gasteiger partial charge on any atom is -0.350 e. The molecule has 3 rings (SSSR count). The number of rotatable bonds is 5. The summed E-state index contributed by atoms with van der Waals surface area (Å²) in [5.41, 5.74) is 0. The molecule has 3 heterocycles. The van der Waals surface area contributed by atoms with E-state index in [4.69, 9.17) is 0 Å². The molecule has 2 N–H and O–H groups in total. The number of nitrogens with zero attached hydrogens (tertiary/aromatic N) is 5. The first-order valence-electron chi connectivity index (χ1n) is 7.59. The Kier molecular flexibility index (Phi) is 4.67. The topological polar surface area (TPSA) is 80.0 Å². The molecule has 2 aromatic heterocycles. The molecule has 0 bridgehead atoms. The molecular weight excluding hydrogens is 298 g/mol. The summed E-state index contributed by atoms with van der Waals surface area (Å²) in [6, 6.07) is 0. The van der Waals surface area contributed by atoms with Crippen molar-refractivity contribution in [2.45, 2.75) is 45.8 Å². The van der Waals surface area contributed by atoms with E-state index >= 15 is 0 Å². The zero-order chi connectivity index (χ0) is 15.4. The van der Waals surface area contributed by atoms with Crippen LogP contribution in [-0.4, -0.2) is 32.8 Å². The summed E-state index contributed by atoms with van der Waals surface area (Å²) in [5, 5.41) is 16.1. The Hall–Kier alpha value is -1.96. The Morgan fingerprint density at radius 3 is 3.00 bits per heavy atom. The van der Waals surface area contributed by atoms with Gasteiger partial charge >= 0.3 is 0 Å². The fourth-order valence-corrected chi connectivity index (χ4v) is 3.28. The Morgan fingerprint density at radius 1 is 1.36 bits per heavy atom. The Labute approximate surface area is 133 Å². The van der Waals surface area contributed by atoms with Crippen LogP contribution >= 0.6 is 11.3 Å². The van der Waals surface area contributed by atoms with Crippen LogP contribution in [0.4, 0.5) is 0 Å². The highest BCUT2D eigenvalue weighted by Gasteiger charge is 2.17. The first-order chi connectivity index (χ1) is 10.8. The third-order valence-electron chi connectivity index (χ3n) is 3.68. The molecule has 0 saturated carbocycles. The van der Waals surface area contributed by atoms with Crippen LogP contribution < -0.4 is 10.6 Å². The van der Waals surface area contributed by atoms with E-state index in [9.17, 15) is 0 Å². The summed E-state index contributed by atoms with van der Waals surface area (Å²) in [4.78, 5) is 9.94. The smallest absolute Gasteiger partial charge is 0.191 e. The van der Waals surface area contributed by atoms with Crippen LogP contribution in [0.3, 0.4) is 0 Å². The predicted molar refractivity (Wildman–Crippen MR) is 86.9 cm³/mol. The van der Waals surface area contributed by atoms with Gasteiger partial charge in [0.15, 0.2) is 11.8 Å². The first kappa shape index (κ1) is 15.0. The molecule has 7 nitrogen and oxygen atoms in total. The summed E-state index contributed by atoms with van der Waals surface area (Å²) in [6.45, 7) is 4.47. The number of guanidine groups is 1. The Bertz CT molecular complexity index is 658. The van der Waals surface area contributed by atoms with Crippen molar-refractivity contribution in [3.05, 3.63) is 27.7 Å². The molecular formula is C14H21N7S. The molecule has 1 aliphatic rings. The number of aliphatic imine (C=N–C) groups is 1. The van der Waals surface area contributed by atoms with Gasteiger partial charge in [-0.15, -0.1) is 21.5 Å². The van der Waals surface area contributed by atoms with Crippen molar-refractivity contribution in [3.63, 3.8) is 0 Å². The highest BCUT2D eigenvalue weighted by molar-refractivity contribution is 7.11. The number of nitrogens with one attached hydrogen (secondary N) is 2. The molecule has 2 aromatic rings. The number of fused-ring (bicyclic) bond motifs is 1. The number of aryl methyl sites for hydroxylation is 2. The van der Waals surface area contributed by atoms with E-state index in [-0.39, 0.29) is 0 Å². The molecule has 0 fully saturated rings. The third-order valence-corrected chi connectivity index (χ3v) is 4.82. The zero-order valence-corrected chi connectivity index (χ0v) is 13.8. The van der Waals surface area contributed by atoms with Crippen molar-refractivity contribution in [1.29, 1.82) is 0 Å². The number of hydrogen-bond donors (Lipinski definition) is 2. The van der Waals surface area contributed by atoms with Gasteiger partial charge in [0.2, 0.25) is 0 Å². The molecule has 0 aromatic carbocycles. The van der Waals surface area contributed by atoms with Crippen molar-refractivity contribution < 1.29 is 0 Å². The molecule has 0 aliphatic carbocycles. The maximum absolute atomic E-state index is 4.40. The van der Waals surface area contributed by atoms with Crippen molar-refractivity contribution in [1.82, 2.24) is 30.4 Å². The van der Waals surface area contributed by atoms with Crippen LogP contribution in [-0.2, 0) is 32.5 Å². The van der Waals surface area contributed by atoms with Crippen LogP contribution in [0.5, 0.6) is 0 Å². The summed E-state index contributed by atoms with van der Waals surface area (Å²) >= 11 is 1.73.